The van der Waals surface area contributed by atoms with Gasteiger partial charge in [0.25, 0.3) is 0 Å². The van der Waals surface area contributed by atoms with Crippen LogP contribution < -0.4 is 10.6 Å². The SMILES string of the molecule is CC(C)CC(CN(C)C)NC(=O)NCC(C)C(=O)O. The van der Waals surface area contributed by atoms with Crippen LogP contribution in [0.15, 0.2) is 0 Å². The number of nitrogens with one attached hydrogen (secondary N) is 2. The second-order valence-corrected chi connectivity index (χ2v) is 5.68. The van der Waals surface area contributed by atoms with Crippen molar-refractivity contribution in [2.24, 2.45) is 11.8 Å². The Hall–Kier alpha value is -1.30. The molecule has 3 N–H and O–H groups in total. The Kier molecular flexibility index (Phi) is 8.14. The molecular weight excluding hydrogens is 246 g/mol. The average Bonchev–Trinajstić information content (AvgIpc) is 2.23. The number of likely N-dealkylation sites (N-methyl/N-ethyl adjacent to an activating group) is 1. The molecule has 112 valence electrons. The van der Waals surface area contributed by atoms with Crippen LogP contribution in [-0.4, -0.2) is 55.2 Å². The van der Waals surface area contributed by atoms with E-state index in [4.69, 9.17) is 5.11 Å². The van der Waals surface area contributed by atoms with Gasteiger partial charge < -0.3 is 20.6 Å². The highest BCUT2D eigenvalue weighted by Gasteiger charge is 2.16. The molecule has 0 aromatic heterocycles. The van der Waals surface area contributed by atoms with Gasteiger partial charge in [-0.3, -0.25) is 4.79 Å². The molecule has 0 bridgehead atoms. The minimum Gasteiger partial charge on any atom is -0.481 e. The van der Waals surface area contributed by atoms with Gasteiger partial charge in [-0.05, 0) is 26.4 Å². The summed E-state index contributed by atoms with van der Waals surface area (Å²) in [7, 11) is 3.92. The smallest absolute Gasteiger partial charge is 0.315 e. The van der Waals surface area contributed by atoms with Gasteiger partial charge in [-0.2, -0.15) is 0 Å². The van der Waals surface area contributed by atoms with E-state index in [9.17, 15) is 9.59 Å². The van der Waals surface area contributed by atoms with Crippen LogP contribution in [0.3, 0.4) is 0 Å². The van der Waals surface area contributed by atoms with Crippen molar-refractivity contribution in [2.75, 3.05) is 27.2 Å². The molecule has 0 heterocycles. The summed E-state index contributed by atoms with van der Waals surface area (Å²) in [5.41, 5.74) is 0. The van der Waals surface area contributed by atoms with Gasteiger partial charge in [0.15, 0.2) is 0 Å². The first kappa shape index (κ1) is 17.7. The van der Waals surface area contributed by atoms with E-state index in [0.717, 1.165) is 13.0 Å². The molecule has 0 aliphatic heterocycles. The number of amides is 2. The van der Waals surface area contributed by atoms with Crippen LogP contribution in [0.1, 0.15) is 27.2 Å². The molecule has 0 radical (unpaired) electrons. The highest BCUT2D eigenvalue weighted by molar-refractivity contribution is 5.75. The molecule has 0 aliphatic rings. The summed E-state index contributed by atoms with van der Waals surface area (Å²) in [6.07, 6.45) is 0.889. The van der Waals surface area contributed by atoms with Crippen LogP contribution in [0.4, 0.5) is 4.79 Å². The summed E-state index contributed by atoms with van der Waals surface area (Å²) in [6.45, 7) is 6.68. The number of aliphatic carboxylic acids is 1. The monoisotopic (exact) mass is 273 g/mol. The second kappa shape index (κ2) is 8.74. The number of rotatable bonds is 8. The zero-order chi connectivity index (χ0) is 15.0. The summed E-state index contributed by atoms with van der Waals surface area (Å²) in [6, 6.07) is -0.240. The van der Waals surface area contributed by atoms with Crippen molar-refractivity contribution in [1.82, 2.24) is 15.5 Å². The molecule has 2 amide bonds. The first-order valence-corrected chi connectivity index (χ1v) is 6.64. The fourth-order valence-corrected chi connectivity index (χ4v) is 1.76. The Morgan fingerprint density at radius 3 is 2.21 bits per heavy atom. The molecule has 0 aromatic rings. The lowest BCUT2D eigenvalue weighted by atomic mass is 10.0. The van der Waals surface area contributed by atoms with E-state index >= 15 is 0 Å². The molecule has 0 rings (SSSR count). The number of carboxylic acids is 1. The highest BCUT2D eigenvalue weighted by atomic mass is 16.4. The van der Waals surface area contributed by atoms with Crippen LogP contribution in [0.2, 0.25) is 0 Å². The fourth-order valence-electron chi connectivity index (χ4n) is 1.76. The lowest BCUT2D eigenvalue weighted by Crippen LogP contribution is -2.48. The van der Waals surface area contributed by atoms with Gasteiger partial charge in [-0.1, -0.05) is 20.8 Å². The van der Waals surface area contributed by atoms with Gasteiger partial charge in [0, 0.05) is 19.1 Å². The molecule has 6 nitrogen and oxygen atoms in total. The Morgan fingerprint density at radius 2 is 1.79 bits per heavy atom. The lowest BCUT2D eigenvalue weighted by molar-refractivity contribution is -0.140. The minimum absolute atomic E-state index is 0.0649. The average molecular weight is 273 g/mol. The molecule has 0 spiro atoms. The quantitative estimate of drug-likeness (QED) is 0.616. The molecule has 19 heavy (non-hydrogen) atoms. The van der Waals surface area contributed by atoms with Crippen molar-refractivity contribution in [3.63, 3.8) is 0 Å². The van der Waals surface area contributed by atoms with E-state index in [0.29, 0.717) is 5.92 Å². The van der Waals surface area contributed by atoms with Crippen LogP contribution in [0, 0.1) is 11.8 Å². The molecular formula is C13H27N3O3. The van der Waals surface area contributed by atoms with Crippen LogP contribution in [-0.2, 0) is 4.79 Å². The Labute approximate surface area is 115 Å². The maximum atomic E-state index is 11.7. The number of hydrogen-bond acceptors (Lipinski definition) is 3. The largest absolute Gasteiger partial charge is 0.481 e. The molecule has 0 aromatic carbocycles. The van der Waals surface area contributed by atoms with E-state index in [1.807, 2.05) is 19.0 Å². The standard InChI is InChI=1S/C13H27N3O3/c1-9(2)6-11(8-16(4)5)15-13(19)14-7-10(3)12(17)18/h9-11H,6-8H2,1-5H3,(H,17,18)(H2,14,15,19). The third-order valence-electron chi connectivity index (χ3n) is 2.67. The molecule has 0 fully saturated rings. The summed E-state index contributed by atoms with van der Waals surface area (Å²) in [4.78, 5) is 24.4. The predicted molar refractivity (Wildman–Crippen MR) is 75.1 cm³/mol. The van der Waals surface area contributed by atoms with E-state index in [2.05, 4.69) is 24.5 Å². The van der Waals surface area contributed by atoms with Gasteiger partial charge in [0.2, 0.25) is 0 Å². The third-order valence-corrected chi connectivity index (χ3v) is 2.67. The van der Waals surface area contributed by atoms with E-state index in [1.165, 1.54) is 0 Å². The van der Waals surface area contributed by atoms with Crippen molar-refractivity contribution >= 4 is 12.0 Å². The Balaban J connectivity index is 4.18. The topological polar surface area (TPSA) is 81.7 Å². The van der Waals surface area contributed by atoms with Crippen molar-refractivity contribution in [1.29, 1.82) is 0 Å². The number of carbonyl (C=O) groups excluding carboxylic acids is 1. The van der Waals surface area contributed by atoms with Gasteiger partial charge in [0.05, 0.1) is 5.92 Å². The predicted octanol–water partition coefficient (Wildman–Crippen LogP) is 0.983. The maximum Gasteiger partial charge on any atom is 0.315 e. The van der Waals surface area contributed by atoms with Crippen LogP contribution in [0.5, 0.6) is 0 Å². The second-order valence-electron chi connectivity index (χ2n) is 5.68. The number of nitrogens with zero attached hydrogens (tertiary/aromatic N) is 1. The minimum atomic E-state index is -0.910. The maximum absolute atomic E-state index is 11.7. The van der Waals surface area contributed by atoms with E-state index in [-0.39, 0.29) is 18.6 Å². The normalized spacial score (nSPS) is 14.3. The molecule has 2 unspecified atom stereocenters. The summed E-state index contributed by atoms with van der Waals surface area (Å²) >= 11 is 0. The summed E-state index contributed by atoms with van der Waals surface area (Å²) in [5.74, 6) is -1.00. The first-order valence-electron chi connectivity index (χ1n) is 6.64. The van der Waals surface area contributed by atoms with Crippen LogP contribution in [0.25, 0.3) is 0 Å². The fraction of sp³-hybridized carbons (Fsp3) is 0.846. The van der Waals surface area contributed by atoms with Crippen LogP contribution >= 0.6 is 0 Å². The van der Waals surface area contributed by atoms with E-state index < -0.39 is 11.9 Å². The summed E-state index contributed by atoms with van der Waals surface area (Å²) in [5, 5.41) is 14.2. The van der Waals surface area contributed by atoms with Gasteiger partial charge in [-0.15, -0.1) is 0 Å². The lowest BCUT2D eigenvalue weighted by Gasteiger charge is -2.24. The van der Waals surface area contributed by atoms with Crippen molar-refractivity contribution in [3.8, 4) is 0 Å². The third kappa shape index (κ3) is 9.30. The molecule has 0 saturated heterocycles. The zero-order valence-corrected chi connectivity index (χ0v) is 12.6. The van der Waals surface area contributed by atoms with Crippen molar-refractivity contribution in [2.45, 2.75) is 33.2 Å². The Morgan fingerprint density at radius 1 is 1.21 bits per heavy atom. The van der Waals surface area contributed by atoms with Gasteiger partial charge in [0.1, 0.15) is 0 Å². The number of carbonyl (C=O) groups is 2. The number of carboxylic acid groups (broad SMARTS) is 1. The summed E-state index contributed by atoms with van der Waals surface area (Å²) < 4.78 is 0. The molecule has 6 heteroatoms. The number of urea groups is 1. The highest BCUT2D eigenvalue weighted by Crippen LogP contribution is 2.05. The number of hydrogen-bond donors (Lipinski definition) is 3. The van der Waals surface area contributed by atoms with Crippen molar-refractivity contribution < 1.29 is 14.7 Å². The Bertz CT molecular complexity index is 283. The molecule has 0 aliphatic carbocycles. The molecule has 2 atom stereocenters. The van der Waals surface area contributed by atoms with Crippen molar-refractivity contribution in [3.05, 3.63) is 0 Å². The van der Waals surface area contributed by atoms with E-state index in [1.54, 1.807) is 6.92 Å². The molecule has 0 saturated carbocycles. The first-order chi connectivity index (χ1) is 8.72. The zero-order valence-electron chi connectivity index (χ0n) is 12.6. The van der Waals surface area contributed by atoms with Gasteiger partial charge in [-0.25, -0.2) is 4.79 Å². The van der Waals surface area contributed by atoms with Gasteiger partial charge >= 0.3 is 12.0 Å².